The first-order chi connectivity index (χ1) is 9.10. The Morgan fingerprint density at radius 3 is 2.60 bits per heavy atom. The van der Waals surface area contributed by atoms with Crippen molar-refractivity contribution >= 4 is 14.2 Å². The third-order valence-electron chi connectivity index (χ3n) is 5.14. The van der Waals surface area contributed by atoms with E-state index in [-0.39, 0.29) is 29.0 Å². The first-order valence-corrected chi connectivity index (χ1v) is 10.3. The molecule has 1 saturated heterocycles. The van der Waals surface area contributed by atoms with Crippen molar-refractivity contribution in [3.05, 3.63) is 24.3 Å². The Morgan fingerprint density at radius 1 is 1.50 bits per heavy atom. The van der Waals surface area contributed by atoms with Crippen LogP contribution < -0.4 is 0 Å². The molecule has 2 aliphatic rings. The molecule has 0 aromatic carbocycles. The van der Waals surface area contributed by atoms with Gasteiger partial charge in [0.25, 0.3) is 0 Å². The Kier molecular flexibility index (Phi) is 3.76. The average Bonchev–Trinajstić information content (AvgIpc) is 2.65. The Bertz CT molecular complexity index is 462. The van der Waals surface area contributed by atoms with Gasteiger partial charge in [0.05, 0.1) is 18.1 Å². The fourth-order valence-corrected chi connectivity index (χ4v) is 4.30. The molecule has 0 spiro atoms. The number of fused-ring (bicyclic) bond motifs is 1. The second kappa shape index (κ2) is 4.85. The molecule has 3 nitrogen and oxygen atoms in total. The molecular weight excluding hydrogens is 266 g/mol. The van der Waals surface area contributed by atoms with Gasteiger partial charge in [0, 0.05) is 6.54 Å². The van der Waals surface area contributed by atoms with E-state index >= 15 is 0 Å². The molecule has 1 fully saturated rings. The number of hydrogen-bond acceptors (Lipinski definition) is 2. The van der Waals surface area contributed by atoms with Crippen LogP contribution in [-0.2, 0) is 9.22 Å². The van der Waals surface area contributed by atoms with Crippen molar-refractivity contribution in [3.8, 4) is 0 Å². The lowest BCUT2D eigenvalue weighted by Gasteiger charge is -2.49. The molecule has 0 radical (unpaired) electrons. The van der Waals surface area contributed by atoms with Crippen molar-refractivity contribution in [1.82, 2.24) is 4.90 Å². The molecule has 0 aromatic rings. The third-order valence-corrected chi connectivity index (χ3v) is 9.71. The van der Waals surface area contributed by atoms with Crippen molar-refractivity contribution in [3.63, 3.8) is 0 Å². The molecule has 2 aliphatic heterocycles. The molecule has 0 N–H and O–H groups in total. The van der Waals surface area contributed by atoms with E-state index in [0.29, 0.717) is 0 Å². The summed E-state index contributed by atoms with van der Waals surface area (Å²) in [7, 11) is -1.83. The number of nitrogens with zero attached hydrogens (tertiary/aromatic N) is 1. The molecular formula is C16H27NO2Si. The first kappa shape index (κ1) is 15.5. The van der Waals surface area contributed by atoms with Crippen LogP contribution in [0.5, 0.6) is 0 Å². The summed E-state index contributed by atoms with van der Waals surface area (Å²) < 4.78 is 6.41. The maximum atomic E-state index is 12.3. The SMILES string of the molecule is C=CC1=CCN2C(=O)[C@H]([C@@H](C)O[Si](C)(C)C(C)(C)C)[C@@H]12. The predicted octanol–water partition coefficient (Wildman–Crippen LogP) is 3.35. The summed E-state index contributed by atoms with van der Waals surface area (Å²) in [4.78, 5) is 14.2. The van der Waals surface area contributed by atoms with Gasteiger partial charge in [-0.25, -0.2) is 0 Å². The van der Waals surface area contributed by atoms with Gasteiger partial charge in [0.2, 0.25) is 5.91 Å². The highest BCUT2D eigenvalue weighted by molar-refractivity contribution is 6.74. The summed E-state index contributed by atoms with van der Waals surface area (Å²) in [5.74, 6) is 0.199. The summed E-state index contributed by atoms with van der Waals surface area (Å²) in [5.41, 5.74) is 1.18. The van der Waals surface area contributed by atoms with Crippen LogP contribution in [0.2, 0.25) is 18.1 Å². The smallest absolute Gasteiger partial charge is 0.231 e. The molecule has 0 aromatic heterocycles. The van der Waals surface area contributed by atoms with Gasteiger partial charge in [-0.3, -0.25) is 4.79 Å². The van der Waals surface area contributed by atoms with Crippen molar-refractivity contribution < 1.29 is 9.22 Å². The van der Waals surface area contributed by atoms with Crippen LogP contribution in [-0.4, -0.2) is 37.8 Å². The van der Waals surface area contributed by atoms with E-state index < -0.39 is 8.32 Å². The molecule has 1 amide bonds. The lowest BCUT2D eigenvalue weighted by atomic mass is 9.81. The van der Waals surface area contributed by atoms with E-state index in [1.807, 2.05) is 11.0 Å². The zero-order valence-electron chi connectivity index (χ0n) is 13.6. The summed E-state index contributed by atoms with van der Waals surface area (Å²) in [6.45, 7) is 17.8. The van der Waals surface area contributed by atoms with E-state index in [2.05, 4.69) is 53.4 Å². The van der Waals surface area contributed by atoms with Gasteiger partial charge in [0.15, 0.2) is 8.32 Å². The average molecular weight is 293 g/mol. The van der Waals surface area contributed by atoms with E-state index in [1.165, 1.54) is 5.57 Å². The number of carbonyl (C=O) groups excluding carboxylic acids is 1. The van der Waals surface area contributed by atoms with Crippen molar-refractivity contribution in [2.75, 3.05) is 6.54 Å². The Hall–Kier alpha value is -0.873. The van der Waals surface area contributed by atoms with Crippen molar-refractivity contribution in [1.29, 1.82) is 0 Å². The summed E-state index contributed by atoms with van der Waals surface area (Å²) in [6, 6.07) is 0.194. The highest BCUT2D eigenvalue weighted by Gasteiger charge is 2.54. The number of hydrogen-bond donors (Lipinski definition) is 0. The highest BCUT2D eigenvalue weighted by atomic mass is 28.4. The van der Waals surface area contributed by atoms with E-state index in [0.717, 1.165) is 6.54 Å². The second-order valence-corrected chi connectivity index (χ2v) is 12.2. The highest BCUT2D eigenvalue weighted by Crippen LogP contribution is 2.43. The Labute approximate surface area is 123 Å². The van der Waals surface area contributed by atoms with Gasteiger partial charge in [-0.05, 0) is 30.6 Å². The Morgan fingerprint density at radius 2 is 2.10 bits per heavy atom. The summed E-state index contributed by atoms with van der Waals surface area (Å²) >= 11 is 0. The van der Waals surface area contributed by atoms with Gasteiger partial charge < -0.3 is 9.33 Å². The zero-order chi connectivity index (χ0) is 15.3. The lowest BCUT2D eigenvalue weighted by Crippen LogP contribution is -2.64. The largest absolute Gasteiger partial charge is 0.413 e. The monoisotopic (exact) mass is 293 g/mol. The number of rotatable bonds is 4. The van der Waals surface area contributed by atoms with Crippen molar-refractivity contribution in [2.45, 2.75) is 58.0 Å². The minimum Gasteiger partial charge on any atom is -0.413 e. The molecule has 20 heavy (non-hydrogen) atoms. The van der Waals surface area contributed by atoms with Gasteiger partial charge in [-0.15, -0.1) is 0 Å². The maximum Gasteiger partial charge on any atom is 0.231 e. The van der Waals surface area contributed by atoms with Crippen LogP contribution in [0.25, 0.3) is 0 Å². The molecule has 0 unspecified atom stereocenters. The molecule has 112 valence electrons. The molecule has 2 rings (SSSR count). The molecule has 0 bridgehead atoms. The predicted molar refractivity (Wildman–Crippen MR) is 85.0 cm³/mol. The number of amides is 1. The van der Waals surface area contributed by atoms with Gasteiger partial charge >= 0.3 is 0 Å². The lowest BCUT2D eigenvalue weighted by molar-refractivity contribution is -0.157. The van der Waals surface area contributed by atoms with E-state index in [9.17, 15) is 4.79 Å². The molecule has 2 heterocycles. The number of carbonyl (C=O) groups is 1. The van der Waals surface area contributed by atoms with Gasteiger partial charge in [0.1, 0.15) is 0 Å². The van der Waals surface area contributed by atoms with Crippen molar-refractivity contribution in [2.24, 2.45) is 5.92 Å². The zero-order valence-corrected chi connectivity index (χ0v) is 14.6. The number of β-lactam (4-membered cyclic amide) rings is 1. The molecule has 4 heteroatoms. The normalized spacial score (nSPS) is 27.8. The van der Waals surface area contributed by atoms with Crippen LogP contribution in [0.3, 0.4) is 0 Å². The minimum absolute atomic E-state index is 0.0221. The standard InChI is InChI=1S/C16H27NO2Si/c1-8-12-9-10-17-14(12)13(15(17)18)11(2)19-20(6,7)16(3,4)5/h8-9,11,13-14H,1,10H2,2-7H3/t11-,13-,14-/m1/s1. The Balaban J connectivity index is 2.11. The topological polar surface area (TPSA) is 29.5 Å². The second-order valence-electron chi connectivity index (χ2n) is 7.45. The van der Waals surface area contributed by atoms with Crippen LogP contribution in [0.15, 0.2) is 24.3 Å². The van der Waals surface area contributed by atoms with E-state index in [4.69, 9.17) is 4.43 Å². The maximum absolute atomic E-state index is 12.3. The first-order valence-electron chi connectivity index (χ1n) is 7.41. The summed E-state index contributed by atoms with van der Waals surface area (Å²) in [5, 5.41) is 0.167. The quantitative estimate of drug-likeness (QED) is 0.587. The molecule has 0 saturated carbocycles. The fourth-order valence-electron chi connectivity index (χ4n) is 2.87. The van der Waals surface area contributed by atoms with E-state index in [1.54, 1.807) is 0 Å². The van der Waals surface area contributed by atoms with Gasteiger partial charge in [-0.2, -0.15) is 0 Å². The minimum atomic E-state index is -1.83. The van der Waals surface area contributed by atoms with Crippen LogP contribution in [0.1, 0.15) is 27.7 Å². The van der Waals surface area contributed by atoms with Gasteiger partial charge in [-0.1, -0.05) is 39.5 Å². The fraction of sp³-hybridized carbons (Fsp3) is 0.688. The van der Waals surface area contributed by atoms with Crippen LogP contribution in [0, 0.1) is 5.92 Å². The molecule has 0 aliphatic carbocycles. The molecule has 3 atom stereocenters. The third kappa shape index (κ3) is 2.29. The van der Waals surface area contributed by atoms with Crippen LogP contribution in [0.4, 0.5) is 0 Å². The van der Waals surface area contributed by atoms with Crippen LogP contribution >= 0.6 is 0 Å². The summed E-state index contributed by atoms with van der Waals surface area (Å²) in [6.07, 6.45) is 3.96.